The second kappa shape index (κ2) is 3.60. The molecule has 1 fully saturated rings. The molecule has 0 aliphatic carbocycles. The van der Waals surface area contributed by atoms with Gasteiger partial charge in [-0.25, -0.2) is 9.97 Å². The molecule has 7 heteroatoms. The van der Waals surface area contributed by atoms with Crippen LogP contribution in [0.25, 0.3) is 11.2 Å². The number of H-pyrrole nitrogens is 1. The topological polar surface area (TPSA) is 95.8 Å². The van der Waals surface area contributed by atoms with Gasteiger partial charge in [-0.05, 0) is 0 Å². The molecule has 0 saturated carbocycles. The van der Waals surface area contributed by atoms with Crippen LogP contribution in [0.1, 0.15) is 0 Å². The molecule has 1 aliphatic heterocycles. The molecule has 7 nitrogen and oxygen atoms in total. The van der Waals surface area contributed by atoms with E-state index in [4.69, 9.17) is 5.73 Å². The lowest BCUT2D eigenvalue weighted by atomic mass is 10.4. The van der Waals surface area contributed by atoms with E-state index >= 15 is 0 Å². The number of hydrogen-bond donors (Lipinski definition) is 3. The minimum absolute atomic E-state index is 0.443. The Morgan fingerprint density at radius 1 is 1.25 bits per heavy atom. The van der Waals surface area contributed by atoms with E-state index in [-0.39, 0.29) is 0 Å². The van der Waals surface area contributed by atoms with Crippen molar-refractivity contribution >= 4 is 22.9 Å². The molecule has 0 radical (unpaired) electrons. The second-order valence-corrected chi connectivity index (χ2v) is 3.75. The molecule has 0 unspecified atom stereocenters. The van der Waals surface area contributed by atoms with E-state index in [1.54, 1.807) is 0 Å². The predicted octanol–water partition coefficient (Wildman–Crippen LogP) is -0.655. The monoisotopic (exact) mass is 219 g/mol. The highest BCUT2D eigenvalue weighted by Gasteiger charge is 2.15. The molecule has 2 aromatic heterocycles. The van der Waals surface area contributed by atoms with Crippen molar-refractivity contribution in [3.63, 3.8) is 0 Å². The average Bonchev–Trinajstić information content (AvgIpc) is 2.76. The summed E-state index contributed by atoms with van der Waals surface area (Å²) in [4.78, 5) is 17.8. The van der Waals surface area contributed by atoms with Crippen molar-refractivity contribution in [2.24, 2.45) is 0 Å². The first-order valence-electron chi connectivity index (χ1n) is 5.26. The summed E-state index contributed by atoms with van der Waals surface area (Å²) in [5.74, 6) is 1.27. The molecule has 0 bridgehead atoms. The van der Waals surface area contributed by atoms with E-state index in [0.29, 0.717) is 11.5 Å². The number of nitrogens with one attached hydrogen (secondary N) is 2. The number of nitrogens with zero attached hydrogens (tertiary/aromatic N) is 4. The van der Waals surface area contributed by atoms with Crippen molar-refractivity contribution in [3.8, 4) is 0 Å². The molecule has 0 atom stereocenters. The maximum atomic E-state index is 5.75. The van der Waals surface area contributed by atoms with Crippen molar-refractivity contribution in [2.75, 3.05) is 36.8 Å². The summed E-state index contributed by atoms with van der Waals surface area (Å²) < 4.78 is 0. The van der Waals surface area contributed by atoms with Crippen LogP contribution in [0.4, 0.5) is 11.8 Å². The molecule has 1 saturated heterocycles. The number of fused-ring (bicyclic) bond motifs is 1. The van der Waals surface area contributed by atoms with Crippen LogP contribution >= 0.6 is 0 Å². The Kier molecular flexibility index (Phi) is 2.10. The second-order valence-electron chi connectivity index (χ2n) is 3.75. The first-order valence-corrected chi connectivity index (χ1v) is 5.26. The van der Waals surface area contributed by atoms with Crippen molar-refractivity contribution in [1.29, 1.82) is 0 Å². The fourth-order valence-corrected chi connectivity index (χ4v) is 1.86. The Morgan fingerprint density at radius 2 is 2.06 bits per heavy atom. The van der Waals surface area contributed by atoms with Gasteiger partial charge in [0.05, 0.1) is 0 Å². The van der Waals surface area contributed by atoms with Crippen LogP contribution < -0.4 is 16.0 Å². The van der Waals surface area contributed by atoms with E-state index in [1.165, 1.54) is 6.33 Å². The van der Waals surface area contributed by atoms with E-state index in [0.717, 1.165) is 37.6 Å². The van der Waals surface area contributed by atoms with Gasteiger partial charge in [-0.1, -0.05) is 0 Å². The Balaban J connectivity index is 2.01. The number of imidazole rings is 1. The maximum Gasteiger partial charge on any atom is 0.205 e. The van der Waals surface area contributed by atoms with Crippen molar-refractivity contribution < 1.29 is 0 Å². The lowest BCUT2D eigenvalue weighted by Crippen LogP contribution is -2.44. The third kappa shape index (κ3) is 1.45. The number of piperazine rings is 1. The van der Waals surface area contributed by atoms with E-state index in [9.17, 15) is 0 Å². The maximum absolute atomic E-state index is 5.75. The fourth-order valence-electron chi connectivity index (χ4n) is 1.86. The lowest BCUT2D eigenvalue weighted by Gasteiger charge is -2.26. The number of nitrogens with two attached hydrogens (primary N) is 1. The van der Waals surface area contributed by atoms with Gasteiger partial charge in [0.15, 0.2) is 11.5 Å². The van der Waals surface area contributed by atoms with E-state index < -0.39 is 0 Å². The van der Waals surface area contributed by atoms with Crippen LogP contribution in [0, 0.1) is 0 Å². The van der Waals surface area contributed by atoms with Gasteiger partial charge in [-0.3, -0.25) is 0 Å². The molecule has 1 aliphatic rings. The number of aromatic amines is 1. The molecule has 3 heterocycles. The smallest absolute Gasteiger partial charge is 0.205 e. The van der Waals surface area contributed by atoms with Gasteiger partial charge in [0.25, 0.3) is 0 Å². The largest absolute Gasteiger partial charge is 0.382 e. The first kappa shape index (κ1) is 9.34. The standard InChI is InChI=1S/C9H13N7/c10-7-6-8(13-5-12-7)15-9(14-6)16-3-1-11-2-4-16/h5,11H,1-4H2,(H3,10,12,13,14,15). The molecule has 0 spiro atoms. The highest BCUT2D eigenvalue weighted by molar-refractivity contribution is 5.83. The normalized spacial score (nSPS) is 16.9. The van der Waals surface area contributed by atoms with Gasteiger partial charge in [0, 0.05) is 26.2 Å². The number of aromatic nitrogens is 4. The molecule has 16 heavy (non-hydrogen) atoms. The van der Waals surface area contributed by atoms with Crippen LogP contribution in [0.5, 0.6) is 0 Å². The zero-order valence-electron chi connectivity index (χ0n) is 8.77. The number of anilines is 2. The molecular weight excluding hydrogens is 206 g/mol. The quantitative estimate of drug-likeness (QED) is 0.589. The van der Waals surface area contributed by atoms with Gasteiger partial charge in [0.1, 0.15) is 11.8 Å². The Hall–Kier alpha value is -1.89. The summed E-state index contributed by atoms with van der Waals surface area (Å²) >= 11 is 0. The molecule has 0 aromatic carbocycles. The Morgan fingerprint density at radius 3 is 2.81 bits per heavy atom. The van der Waals surface area contributed by atoms with Crippen LogP contribution in [0.2, 0.25) is 0 Å². The number of rotatable bonds is 1. The molecule has 84 valence electrons. The summed E-state index contributed by atoms with van der Waals surface area (Å²) in [6, 6.07) is 0. The minimum Gasteiger partial charge on any atom is -0.382 e. The van der Waals surface area contributed by atoms with Crippen LogP contribution in [0.15, 0.2) is 6.33 Å². The van der Waals surface area contributed by atoms with Gasteiger partial charge in [-0.15, -0.1) is 0 Å². The summed E-state index contributed by atoms with van der Waals surface area (Å²) in [6.07, 6.45) is 1.43. The minimum atomic E-state index is 0.443. The highest BCUT2D eigenvalue weighted by Crippen LogP contribution is 2.18. The van der Waals surface area contributed by atoms with Crippen molar-refractivity contribution in [2.45, 2.75) is 0 Å². The molecular formula is C9H13N7. The van der Waals surface area contributed by atoms with Crippen molar-refractivity contribution in [3.05, 3.63) is 6.33 Å². The van der Waals surface area contributed by atoms with Gasteiger partial charge in [0.2, 0.25) is 5.95 Å². The van der Waals surface area contributed by atoms with Gasteiger partial charge in [-0.2, -0.15) is 4.98 Å². The van der Waals surface area contributed by atoms with Crippen LogP contribution in [0.3, 0.4) is 0 Å². The molecule has 0 amide bonds. The molecule has 3 rings (SSSR count). The first-order chi connectivity index (χ1) is 7.84. The third-order valence-corrected chi connectivity index (χ3v) is 2.72. The summed E-state index contributed by atoms with van der Waals surface area (Å²) in [5.41, 5.74) is 7.09. The Labute approximate surface area is 92.1 Å². The lowest BCUT2D eigenvalue weighted by molar-refractivity contribution is 0.582. The van der Waals surface area contributed by atoms with E-state index in [1.807, 2.05) is 0 Å². The zero-order chi connectivity index (χ0) is 11.0. The summed E-state index contributed by atoms with van der Waals surface area (Å²) in [6.45, 7) is 3.82. The Bertz CT molecular complexity index is 500. The zero-order valence-corrected chi connectivity index (χ0v) is 8.77. The number of hydrogen-bond acceptors (Lipinski definition) is 6. The summed E-state index contributed by atoms with van der Waals surface area (Å²) in [7, 11) is 0. The van der Waals surface area contributed by atoms with Crippen molar-refractivity contribution in [1.82, 2.24) is 25.3 Å². The fraction of sp³-hybridized carbons (Fsp3) is 0.444. The van der Waals surface area contributed by atoms with E-state index in [2.05, 4.69) is 30.2 Å². The average molecular weight is 219 g/mol. The van der Waals surface area contributed by atoms with Gasteiger partial charge >= 0.3 is 0 Å². The third-order valence-electron chi connectivity index (χ3n) is 2.72. The predicted molar refractivity (Wildman–Crippen MR) is 61.2 cm³/mol. The number of nitrogen functional groups attached to an aromatic ring is 1. The summed E-state index contributed by atoms with van der Waals surface area (Å²) in [5, 5.41) is 3.29. The highest BCUT2D eigenvalue weighted by atomic mass is 15.3. The van der Waals surface area contributed by atoms with Crippen LogP contribution in [-0.4, -0.2) is 46.1 Å². The van der Waals surface area contributed by atoms with Crippen LogP contribution in [-0.2, 0) is 0 Å². The molecule has 2 aromatic rings. The SMILES string of the molecule is Nc1ncnc2nc(N3CCNCC3)[nH]c12. The molecule has 4 N–H and O–H groups in total. The van der Waals surface area contributed by atoms with Gasteiger partial charge < -0.3 is 20.9 Å².